The van der Waals surface area contributed by atoms with E-state index < -0.39 is 0 Å². The molecule has 2 N–H and O–H groups in total. The molecule has 1 heterocycles. The number of hydrogen-bond acceptors (Lipinski definition) is 3. The van der Waals surface area contributed by atoms with E-state index in [1.54, 1.807) is 0 Å². The molecule has 0 bridgehead atoms. The summed E-state index contributed by atoms with van der Waals surface area (Å²) in [5, 5.41) is 0. The second kappa shape index (κ2) is 5.93. The maximum Gasteiger partial charge on any atom is 0.0366 e. The summed E-state index contributed by atoms with van der Waals surface area (Å²) in [6, 6.07) is 8.99. The van der Waals surface area contributed by atoms with Crippen molar-refractivity contribution >= 4 is 5.69 Å². The molecule has 2 rings (SSSR count). The maximum absolute atomic E-state index is 6.00. The Morgan fingerprint density at radius 3 is 2.16 bits per heavy atom. The van der Waals surface area contributed by atoms with E-state index in [-0.39, 0.29) is 5.54 Å². The van der Waals surface area contributed by atoms with Gasteiger partial charge in [0.2, 0.25) is 0 Å². The zero-order chi connectivity index (χ0) is 13.9. The highest BCUT2D eigenvalue weighted by Gasteiger charge is 2.35. The van der Waals surface area contributed by atoms with Crippen LogP contribution in [-0.4, -0.2) is 44.2 Å². The standard InChI is InChI=1S/C16H27N3/c1-4-14-5-7-15(8-6-14)19-11-9-16(13-17,10-12-19)18(2)3/h5-8H,4,9-13,17H2,1-3H3. The Morgan fingerprint density at radius 1 is 1.16 bits per heavy atom. The molecular weight excluding hydrogens is 234 g/mol. The molecule has 1 aromatic rings. The smallest absolute Gasteiger partial charge is 0.0366 e. The van der Waals surface area contributed by atoms with E-state index in [0.29, 0.717) is 0 Å². The zero-order valence-electron chi connectivity index (χ0n) is 12.5. The maximum atomic E-state index is 6.00. The third-order valence-corrected chi connectivity index (χ3v) is 4.73. The Bertz CT molecular complexity index is 389. The first-order valence-corrected chi connectivity index (χ1v) is 7.33. The Kier molecular flexibility index (Phi) is 4.48. The van der Waals surface area contributed by atoms with Crippen molar-refractivity contribution in [2.24, 2.45) is 5.73 Å². The van der Waals surface area contributed by atoms with Gasteiger partial charge in [0.05, 0.1) is 0 Å². The normalized spacial score (nSPS) is 18.9. The molecule has 0 unspecified atom stereocenters. The van der Waals surface area contributed by atoms with Gasteiger partial charge >= 0.3 is 0 Å². The van der Waals surface area contributed by atoms with Crippen LogP contribution in [0.4, 0.5) is 5.69 Å². The molecule has 0 amide bonds. The number of likely N-dealkylation sites (N-methyl/N-ethyl adjacent to an activating group) is 1. The summed E-state index contributed by atoms with van der Waals surface area (Å²) in [6.07, 6.45) is 3.40. The van der Waals surface area contributed by atoms with Gasteiger partial charge in [-0.3, -0.25) is 0 Å². The van der Waals surface area contributed by atoms with Gasteiger partial charge in [-0.15, -0.1) is 0 Å². The van der Waals surface area contributed by atoms with Gasteiger partial charge in [0.25, 0.3) is 0 Å². The minimum atomic E-state index is 0.194. The molecule has 0 aliphatic carbocycles. The number of hydrogen-bond donors (Lipinski definition) is 1. The van der Waals surface area contributed by atoms with Crippen molar-refractivity contribution in [3.05, 3.63) is 29.8 Å². The van der Waals surface area contributed by atoms with Gasteiger partial charge in [-0.05, 0) is 51.1 Å². The predicted octanol–water partition coefficient (Wildman–Crippen LogP) is 2.11. The van der Waals surface area contributed by atoms with Crippen molar-refractivity contribution in [2.45, 2.75) is 31.7 Å². The fourth-order valence-corrected chi connectivity index (χ4v) is 2.96. The van der Waals surface area contributed by atoms with Crippen LogP contribution in [0.5, 0.6) is 0 Å². The number of rotatable bonds is 4. The molecule has 1 aromatic carbocycles. The van der Waals surface area contributed by atoms with Crippen LogP contribution >= 0.6 is 0 Å². The Labute approximate surface area is 117 Å². The van der Waals surface area contributed by atoms with E-state index in [0.717, 1.165) is 38.9 Å². The average molecular weight is 261 g/mol. The molecule has 1 aliphatic heterocycles. The second-order valence-electron chi connectivity index (χ2n) is 5.83. The quantitative estimate of drug-likeness (QED) is 0.901. The van der Waals surface area contributed by atoms with Gasteiger partial charge in [-0.25, -0.2) is 0 Å². The van der Waals surface area contributed by atoms with E-state index in [1.165, 1.54) is 11.3 Å². The third kappa shape index (κ3) is 2.93. The highest BCUT2D eigenvalue weighted by molar-refractivity contribution is 5.48. The lowest BCUT2D eigenvalue weighted by atomic mass is 9.86. The fraction of sp³-hybridized carbons (Fsp3) is 0.625. The van der Waals surface area contributed by atoms with Crippen LogP contribution in [0.1, 0.15) is 25.3 Å². The number of nitrogens with zero attached hydrogens (tertiary/aromatic N) is 2. The highest BCUT2D eigenvalue weighted by Crippen LogP contribution is 2.29. The van der Waals surface area contributed by atoms with Crippen LogP contribution in [0.3, 0.4) is 0 Å². The van der Waals surface area contributed by atoms with Crippen molar-refractivity contribution in [2.75, 3.05) is 38.6 Å². The molecule has 3 nitrogen and oxygen atoms in total. The Balaban J connectivity index is 2.02. The molecule has 1 fully saturated rings. The SMILES string of the molecule is CCc1ccc(N2CCC(CN)(N(C)C)CC2)cc1. The van der Waals surface area contributed by atoms with Crippen molar-refractivity contribution in [3.8, 4) is 0 Å². The molecule has 19 heavy (non-hydrogen) atoms. The molecular formula is C16H27N3. The molecule has 1 saturated heterocycles. The topological polar surface area (TPSA) is 32.5 Å². The number of benzene rings is 1. The number of aryl methyl sites for hydroxylation is 1. The van der Waals surface area contributed by atoms with Crippen LogP contribution in [0, 0.1) is 0 Å². The van der Waals surface area contributed by atoms with Crippen LogP contribution in [0.15, 0.2) is 24.3 Å². The van der Waals surface area contributed by atoms with Gasteiger partial charge in [0.1, 0.15) is 0 Å². The summed E-state index contributed by atoms with van der Waals surface area (Å²) in [4.78, 5) is 4.79. The summed E-state index contributed by atoms with van der Waals surface area (Å²) in [7, 11) is 4.30. The average Bonchev–Trinajstić information content (AvgIpc) is 2.47. The van der Waals surface area contributed by atoms with Crippen molar-refractivity contribution < 1.29 is 0 Å². The molecule has 3 heteroatoms. The minimum Gasteiger partial charge on any atom is -0.371 e. The monoisotopic (exact) mass is 261 g/mol. The molecule has 0 spiro atoms. The van der Waals surface area contributed by atoms with Crippen LogP contribution in [-0.2, 0) is 6.42 Å². The lowest BCUT2D eigenvalue weighted by Crippen LogP contribution is -2.57. The first-order chi connectivity index (χ1) is 9.11. The van der Waals surface area contributed by atoms with Crippen LogP contribution < -0.4 is 10.6 Å². The van der Waals surface area contributed by atoms with E-state index in [9.17, 15) is 0 Å². The van der Waals surface area contributed by atoms with Gasteiger partial charge in [-0.1, -0.05) is 19.1 Å². The molecule has 0 aromatic heterocycles. The summed E-state index contributed by atoms with van der Waals surface area (Å²) >= 11 is 0. The van der Waals surface area contributed by atoms with Crippen LogP contribution in [0.25, 0.3) is 0 Å². The van der Waals surface area contributed by atoms with Crippen LogP contribution in [0.2, 0.25) is 0 Å². The molecule has 1 aliphatic rings. The van der Waals surface area contributed by atoms with E-state index in [2.05, 4.69) is 55.1 Å². The van der Waals surface area contributed by atoms with Crippen molar-refractivity contribution in [1.29, 1.82) is 0 Å². The Morgan fingerprint density at radius 2 is 1.74 bits per heavy atom. The first-order valence-electron chi connectivity index (χ1n) is 7.33. The number of anilines is 1. The molecule has 0 radical (unpaired) electrons. The summed E-state index contributed by atoms with van der Waals surface area (Å²) in [5.74, 6) is 0. The van der Waals surface area contributed by atoms with E-state index in [4.69, 9.17) is 5.73 Å². The molecule has 0 saturated carbocycles. The van der Waals surface area contributed by atoms with Gasteiger partial charge < -0.3 is 15.5 Å². The predicted molar refractivity (Wildman–Crippen MR) is 82.7 cm³/mol. The number of nitrogens with two attached hydrogens (primary N) is 1. The Hall–Kier alpha value is -1.06. The van der Waals surface area contributed by atoms with E-state index >= 15 is 0 Å². The summed E-state index contributed by atoms with van der Waals surface area (Å²) in [5.41, 5.74) is 8.95. The van der Waals surface area contributed by atoms with Crippen molar-refractivity contribution in [3.63, 3.8) is 0 Å². The molecule has 0 atom stereocenters. The lowest BCUT2D eigenvalue weighted by Gasteiger charge is -2.46. The fourth-order valence-electron chi connectivity index (χ4n) is 2.96. The van der Waals surface area contributed by atoms with Gasteiger partial charge in [0.15, 0.2) is 0 Å². The van der Waals surface area contributed by atoms with E-state index in [1.807, 2.05) is 0 Å². The van der Waals surface area contributed by atoms with Gasteiger partial charge in [-0.2, -0.15) is 0 Å². The largest absolute Gasteiger partial charge is 0.371 e. The van der Waals surface area contributed by atoms with Gasteiger partial charge in [0, 0.05) is 30.9 Å². The highest BCUT2D eigenvalue weighted by atomic mass is 15.2. The second-order valence-corrected chi connectivity index (χ2v) is 5.83. The van der Waals surface area contributed by atoms with Crippen molar-refractivity contribution in [1.82, 2.24) is 4.90 Å². The lowest BCUT2D eigenvalue weighted by molar-refractivity contribution is 0.125. The number of piperidine rings is 1. The summed E-state index contributed by atoms with van der Waals surface area (Å²) < 4.78 is 0. The molecule has 106 valence electrons. The zero-order valence-corrected chi connectivity index (χ0v) is 12.5. The summed E-state index contributed by atoms with van der Waals surface area (Å²) in [6.45, 7) is 5.15. The first kappa shape index (κ1) is 14.4. The minimum absolute atomic E-state index is 0.194. The third-order valence-electron chi connectivity index (χ3n) is 4.73.